The molecule has 1 aliphatic heterocycles. The molecule has 0 bridgehead atoms. The Labute approximate surface area is 160 Å². The molecule has 2 aromatic rings. The Morgan fingerprint density at radius 2 is 2.07 bits per heavy atom. The molecule has 1 N–H and O–H groups in total. The summed E-state index contributed by atoms with van der Waals surface area (Å²) < 4.78 is 5.80. The third kappa shape index (κ3) is 4.22. The summed E-state index contributed by atoms with van der Waals surface area (Å²) in [6, 6.07) is 15.3. The topological polar surface area (TPSA) is 65.4 Å². The predicted molar refractivity (Wildman–Crippen MR) is 106 cm³/mol. The van der Waals surface area contributed by atoms with Crippen molar-refractivity contribution >= 4 is 11.7 Å². The fraction of sp³-hybridized carbons (Fsp3) is 0.364. The normalized spacial score (nSPS) is 16.3. The number of anilines is 1. The Morgan fingerprint density at radius 3 is 2.78 bits per heavy atom. The molecule has 0 aliphatic carbocycles. The molecule has 27 heavy (non-hydrogen) atoms. The summed E-state index contributed by atoms with van der Waals surface area (Å²) >= 11 is 0. The van der Waals surface area contributed by atoms with E-state index in [2.05, 4.69) is 30.4 Å². The Balaban J connectivity index is 1.84. The molecule has 1 heterocycles. The van der Waals surface area contributed by atoms with Gasteiger partial charge in [0.25, 0.3) is 0 Å². The minimum Gasteiger partial charge on any atom is -0.489 e. The maximum atomic E-state index is 13.0. The van der Waals surface area contributed by atoms with Gasteiger partial charge in [-0.05, 0) is 62.9 Å². The van der Waals surface area contributed by atoms with Crippen LogP contribution < -0.4 is 10.1 Å². The predicted octanol–water partition coefficient (Wildman–Crippen LogP) is 5.02. The maximum absolute atomic E-state index is 13.0. The van der Waals surface area contributed by atoms with Crippen molar-refractivity contribution in [2.24, 2.45) is 0 Å². The molecule has 5 heteroatoms. The second kappa shape index (κ2) is 8.13. The van der Waals surface area contributed by atoms with Crippen molar-refractivity contribution in [3.05, 3.63) is 59.2 Å². The van der Waals surface area contributed by atoms with Gasteiger partial charge in [0, 0.05) is 6.54 Å². The average Bonchev–Trinajstić information content (AvgIpc) is 3.12. The van der Waals surface area contributed by atoms with Crippen molar-refractivity contribution < 1.29 is 9.53 Å². The van der Waals surface area contributed by atoms with Crippen LogP contribution in [-0.2, 0) is 0 Å². The minimum atomic E-state index is -0.163. The number of hydrogen-bond acceptors (Lipinski definition) is 3. The maximum Gasteiger partial charge on any atom is 0.322 e. The van der Waals surface area contributed by atoms with Gasteiger partial charge in [-0.2, -0.15) is 5.26 Å². The second-order valence-electron chi connectivity index (χ2n) is 7.13. The number of carbonyl (C=O) groups is 1. The van der Waals surface area contributed by atoms with Crippen molar-refractivity contribution in [2.45, 2.75) is 45.8 Å². The number of aryl methyl sites for hydroxylation is 1. The monoisotopic (exact) mass is 363 g/mol. The standard InChI is InChI=1S/C22H25N3O2/c1-15(2)27-21-11-10-17(14-23)13-19(21)24-22(26)25-12-6-9-20(25)18-8-5-4-7-16(18)3/h4-5,7-8,10-11,13,15,20H,6,9,12H2,1-3H3,(H,24,26)/t20-/m0/s1. The molecule has 0 unspecified atom stereocenters. The van der Waals surface area contributed by atoms with Crippen LogP contribution in [0.4, 0.5) is 10.5 Å². The van der Waals surface area contributed by atoms with Crippen LogP contribution in [0.5, 0.6) is 5.75 Å². The Morgan fingerprint density at radius 1 is 1.30 bits per heavy atom. The van der Waals surface area contributed by atoms with Gasteiger partial charge in [-0.15, -0.1) is 0 Å². The van der Waals surface area contributed by atoms with Crippen LogP contribution in [0.15, 0.2) is 42.5 Å². The van der Waals surface area contributed by atoms with Crippen LogP contribution in [0.2, 0.25) is 0 Å². The number of rotatable bonds is 4. The minimum absolute atomic E-state index is 0.0277. The summed E-state index contributed by atoms with van der Waals surface area (Å²) in [7, 11) is 0. The molecule has 0 spiro atoms. The summed E-state index contributed by atoms with van der Waals surface area (Å²) in [5.41, 5.74) is 3.40. The molecule has 1 aliphatic rings. The molecular formula is C22H25N3O2. The summed E-state index contributed by atoms with van der Waals surface area (Å²) in [4.78, 5) is 14.9. The first-order chi connectivity index (χ1) is 13.0. The van der Waals surface area contributed by atoms with Crippen LogP contribution in [-0.4, -0.2) is 23.6 Å². The lowest BCUT2D eigenvalue weighted by Gasteiger charge is -2.27. The van der Waals surface area contributed by atoms with Crippen molar-refractivity contribution in [3.8, 4) is 11.8 Å². The first-order valence-corrected chi connectivity index (χ1v) is 9.33. The van der Waals surface area contributed by atoms with E-state index in [4.69, 9.17) is 4.74 Å². The van der Waals surface area contributed by atoms with Gasteiger partial charge in [-0.1, -0.05) is 24.3 Å². The highest BCUT2D eigenvalue weighted by atomic mass is 16.5. The van der Waals surface area contributed by atoms with Gasteiger partial charge in [0.05, 0.1) is 29.5 Å². The lowest BCUT2D eigenvalue weighted by Crippen LogP contribution is -2.34. The fourth-order valence-electron chi connectivity index (χ4n) is 3.53. The van der Waals surface area contributed by atoms with Crippen molar-refractivity contribution in [1.29, 1.82) is 5.26 Å². The fourth-order valence-corrected chi connectivity index (χ4v) is 3.53. The molecule has 2 aromatic carbocycles. The largest absolute Gasteiger partial charge is 0.489 e. The zero-order valence-electron chi connectivity index (χ0n) is 16.0. The third-order valence-electron chi connectivity index (χ3n) is 4.77. The van der Waals surface area contributed by atoms with Gasteiger partial charge < -0.3 is 15.0 Å². The van der Waals surface area contributed by atoms with Gasteiger partial charge in [-0.3, -0.25) is 0 Å². The SMILES string of the molecule is Cc1ccccc1[C@@H]1CCCN1C(=O)Nc1cc(C#N)ccc1OC(C)C. The number of urea groups is 1. The Kier molecular flexibility index (Phi) is 5.66. The molecule has 5 nitrogen and oxygen atoms in total. The number of benzene rings is 2. The number of ether oxygens (including phenoxy) is 1. The molecule has 2 amide bonds. The quantitative estimate of drug-likeness (QED) is 0.829. The number of nitriles is 1. The number of amides is 2. The van der Waals surface area contributed by atoms with E-state index in [9.17, 15) is 10.1 Å². The number of nitrogens with one attached hydrogen (secondary N) is 1. The molecule has 1 saturated heterocycles. The highest BCUT2D eigenvalue weighted by molar-refractivity contribution is 5.91. The molecule has 3 rings (SSSR count). The number of hydrogen-bond donors (Lipinski definition) is 1. The van der Waals surface area contributed by atoms with Gasteiger partial charge in [0.2, 0.25) is 0 Å². The zero-order chi connectivity index (χ0) is 19.4. The summed E-state index contributed by atoms with van der Waals surface area (Å²) in [5.74, 6) is 0.573. The van der Waals surface area contributed by atoms with Crippen LogP contribution in [0.3, 0.4) is 0 Å². The van der Waals surface area contributed by atoms with E-state index in [1.165, 1.54) is 11.1 Å². The highest BCUT2D eigenvalue weighted by Crippen LogP contribution is 2.35. The van der Waals surface area contributed by atoms with Crippen molar-refractivity contribution in [3.63, 3.8) is 0 Å². The van der Waals surface area contributed by atoms with Gasteiger partial charge in [-0.25, -0.2) is 4.79 Å². The summed E-state index contributed by atoms with van der Waals surface area (Å²) in [6.45, 7) is 6.65. The van der Waals surface area contributed by atoms with Crippen LogP contribution >= 0.6 is 0 Å². The molecule has 0 aromatic heterocycles. The number of nitrogens with zero attached hydrogens (tertiary/aromatic N) is 2. The van der Waals surface area contributed by atoms with E-state index in [1.54, 1.807) is 18.2 Å². The first-order valence-electron chi connectivity index (χ1n) is 9.33. The van der Waals surface area contributed by atoms with E-state index in [-0.39, 0.29) is 18.2 Å². The van der Waals surface area contributed by atoms with Crippen molar-refractivity contribution in [1.82, 2.24) is 4.90 Å². The van der Waals surface area contributed by atoms with Gasteiger partial charge in [0.15, 0.2) is 0 Å². The molecule has 140 valence electrons. The van der Waals surface area contributed by atoms with E-state index >= 15 is 0 Å². The van der Waals surface area contributed by atoms with Crippen LogP contribution in [0.1, 0.15) is 49.4 Å². The average molecular weight is 363 g/mol. The van der Waals surface area contributed by atoms with E-state index in [0.29, 0.717) is 23.5 Å². The molecular weight excluding hydrogens is 338 g/mol. The van der Waals surface area contributed by atoms with E-state index in [1.807, 2.05) is 30.9 Å². The third-order valence-corrected chi connectivity index (χ3v) is 4.77. The van der Waals surface area contributed by atoms with E-state index < -0.39 is 0 Å². The van der Waals surface area contributed by atoms with Gasteiger partial charge in [0.1, 0.15) is 5.75 Å². The van der Waals surface area contributed by atoms with Crippen molar-refractivity contribution in [2.75, 3.05) is 11.9 Å². The lowest BCUT2D eigenvalue weighted by molar-refractivity contribution is 0.206. The van der Waals surface area contributed by atoms with Crippen LogP contribution in [0.25, 0.3) is 0 Å². The second-order valence-corrected chi connectivity index (χ2v) is 7.13. The van der Waals surface area contributed by atoms with Gasteiger partial charge >= 0.3 is 6.03 Å². The smallest absolute Gasteiger partial charge is 0.322 e. The lowest BCUT2D eigenvalue weighted by atomic mass is 9.99. The Bertz CT molecular complexity index is 870. The molecule has 0 saturated carbocycles. The Hall–Kier alpha value is -3.00. The number of likely N-dealkylation sites (tertiary alicyclic amines) is 1. The summed E-state index contributed by atoms with van der Waals surface area (Å²) in [6.07, 6.45) is 1.89. The molecule has 1 fully saturated rings. The van der Waals surface area contributed by atoms with Crippen LogP contribution in [0, 0.1) is 18.3 Å². The molecule has 0 radical (unpaired) electrons. The molecule has 1 atom stereocenters. The summed E-state index contributed by atoms with van der Waals surface area (Å²) in [5, 5.41) is 12.2. The zero-order valence-corrected chi connectivity index (χ0v) is 16.0. The highest BCUT2D eigenvalue weighted by Gasteiger charge is 2.31. The van der Waals surface area contributed by atoms with E-state index in [0.717, 1.165) is 12.8 Å². The first kappa shape index (κ1) is 18.8. The number of carbonyl (C=O) groups excluding carboxylic acids is 1.